The van der Waals surface area contributed by atoms with Gasteiger partial charge in [-0.25, -0.2) is 0 Å². The molecule has 1 fully saturated rings. The molecule has 1 aliphatic rings. The zero-order valence-electron chi connectivity index (χ0n) is 13.1. The highest BCUT2D eigenvalue weighted by Gasteiger charge is 2.47. The SMILES string of the molecule is COCC1(C(=O)O)CCN(C(=O)C(C)Oc2cccc(Cl)c2)C1. The summed E-state index contributed by atoms with van der Waals surface area (Å²) in [5, 5.41) is 9.96. The van der Waals surface area contributed by atoms with Gasteiger partial charge in [0.25, 0.3) is 5.91 Å². The van der Waals surface area contributed by atoms with Crippen LogP contribution in [0.1, 0.15) is 13.3 Å². The molecule has 0 radical (unpaired) electrons. The van der Waals surface area contributed by atoms with E-state index in [0.29, 0.717) is 23.7 Å². The third kappa shape index (κ3) is 3.95. The third-order valence-electron chi connectivity index (χ3n) is 4.00. The Balaban J connectivity index is 2.02. The van der Waals surface area contributed by atoms with E-state index in [1.165, 1.54) is 12.0 Å². The molecule has 7 heteroatoms. The number of ether oxygens (including phenoxy) is 2. The smallest absolute Gasteiger partial charge is 0.313 e. The number of nitrogens with zero attached hydrogens (tertiary/aromatic N) is 1. The number of amides is 1. The molecular weight excluding hydrogens is 322 g/mol. The van der Waals surface area contributed by atoms with E-state index in [-0.39, 0.29) is 19.1 Å². The topological polar surface area (TPSA) is 76.1 Å². The molecule has 0 aliphatic carbocycles. The molecule has 2 atom stereocenters. The number of rotatable bonds is 6. The highest BCUT2D eigenvalue weighted by molar-refractivity contribution is 6.30. The van der Waals surface area contributed by atoms with E-state index in [9.17, 15) is 14.7 Å². The Kier molecular flexibility index (Phi) is 5.49. The van der Waals surface area contributed by atoms with Crippen LogP contribution in [0, 0.1) is 5.41 Å². The number of aliphatic carboxylic acids is 1. The first-order valence-corrected chi connectivity index (χ1v) is 7.69. The van der Waals surface area contributed by atoms with Crippen LogP contribution in [-0.2, 0) is 14.3 Å². The summed E-state index contributed by atoms with van der Waals surface area (Å²) < 4.78 is 10.6. The van der Waals surface area contributed by atoms with E-state index in [1.807, 2.05) is 0 Å². The molecule has 0 saturated carbocycles. The first-order chi connectivity index (χ1) is 10.9. The van der Waals surface area contributed by atoms with Gasteiger partial charge in [-0.2, -0.15) is 0 Å². The summed E-state index contributed by atoms with van der Waals surface area (Å²) in [4.78, 5) is 25.5. The van der Waals surface area contributed by atoms with Crippen LogP contribution >= 0.6 is 11.6 Å². The molecule has 23 heavy (non-hydrogen) atoms. The van der Waals surface area contributed by atoms with E-state index in [2.05, 4.69) is 0 Å². The minimum atomic E-state index is -1.04. The lowest BCUT2D eigenvalue weighted by Gasteiger charge is -2.25. The van der Waals surface area contributed by atoms with Gasteiger partial charge in [0, 0.05) is 25.2 Å². The summed E-state index contributed by atoms with van der Waals surface area (Å²) in [5.41, 5.74) is -1.04. The number of likely N-dealkylation sites (tertiary alicyclic amines) is 1. The van der Waals surface area contributed by atoms with Crippen LogP contribution in [0.3, 0.4) is 0 Å². The molecule has 1 heterocycles. The fourth-order valence-electron chi connectivity index (χ4n) is 2.74. The molecule has 1 aromatic rings. The molecule has 1 saturated heterocycles. The van der Waals surface area contributed by atoms with Gasteiger partial charge in [0.15, 0.2) is 6.10 Å². The number of methoxy groups -OCH3 is 1. The minimum absolute atomic E-state index is 0.0790. The molecule has 126 valence electrons. The Morgan fingerprint density at radius 2 is 2.22 bits per heavy atom. The Hall–Kier alpha value is -1.79. The van der Waals surface area contributed by atoms with E-state index < -0.39 is 17.5 Å². The van der Waals surface area contributed by atoms with Gasteiger partial charge in [0.2, 0.25) is 0 Å². The number of hydrogen-bond acceptors (Lipinski definition) is 4. The van der Waals surface area contributed by atoms with Crippen LogP contribution in [0.15, 0.2) is 24.3 Å². The molecule has 6 nitrogen and oxygen atoms in total. The summed E-state index contributed by atoms with van der Waals surface area (Å²) >= 11 is 5.89. The Morgan fingerprint density at radius 3 is 2.83 bits per heavy atom. The standard InChI is InChI=1S/C16H20ClNO5/c1-11(23-13-5-3-4-12(17)8-13)14(19)18-7-6-16(9-18,10-22-2)15(20)21/h3-5,8,11H,6-7,9-10H2,1-2H3,(H,20,21). The number of carboxylic acids is 1. The molecule has 2 unspecified atom stereocenters. The Labute approximate surface area is 139 Å². The summed E-state index contributed by atoms with van der Waals surface area (Å²) in [6.07, 6.45) is -0.355. The van der Waals surface area contributed by atoms with Gasteiger partial charge in [-0.05, 0) is 31.5 Å². The summed E-state index contributed by atoms with van der Waals surface area (Å²) in [7, 11) is 1.46. The van der Waals surface area contributed by atoms with E-state index in [4.69, 9.17) is 21.1 Å². The fraction of sp³-hybridized carbons (Fsp3) is 0.500. The van der Waals surface area contributed by atoms with Crippen LogP contribution in [0.2, 0.25) is 5.02 Å². The molecule has 1 aromatic carbocycles. The van der Waals surface area contributed by atoms with Gasteiger partial charge in [0.1, 0.15) is 11.2 Å². The number of benzene rings is 1. The van der Waals surface area contributed by atoms with Gasteiger partial charge >= 0.3 is 5.97 Å². The second-order valence-electron chi connectivity index (χ2n) is 5.75. The maximum atomic E-state index is 12.5. The second-order valence-corrected chi connectivity index (χ2v) is 6.18. The molecule has 1 N–H and O–H groups in total. The zero-order chi connectivity index (χ0) is 17.0. The largest absolute Gasteiger partial charge is 0.481 e. The normalized spacial score (nSPS) is 22.0. The monoisotopic (exact) mass is 341 g/mol. The van der Waals surface area contributed by atoms with Gasteiger partial charge in [-0.3, -0.25) is 9.59 Å². The van der Waals surface area contributed by atoms with Gasteiger partial charge in [0.05, 0.1) is 6.61 Å². The first-order valence-electron chi connectivity index (χ1n) is 7.31. The van der Waals surface area contributed by atoms with Crippen LogP contribution in [0.25, 0.3) is 0 Å². The molecule has 0 bridgehead atoms. The van der Waals surface area contributed by atoms with Crippen molar-refractivity contribution in [1.29, 1.82) is 0 Å². The molecule has 2 rings (SSSR count). The summed E-state index contributed by atoms with van der Waals surface area (Å²) in [6, 6.07) is 6.79. The lowest BCUT2D eigenvalue weighted by Crippen LogP contribution is -2.43. The number of hydrogen-bond donors (Lipinski definition) is 1. The minimum Gasteiger partial charge on any atom is -0.481 e. The number of carbonyl (C=O) groups excluding carboxylic acids is 1. The first kappa shape index (κ1) is 17.6. The van der Waals surface area contributed by atoms with E-state index in [1.54, 1.807) is 31.2 Å². The van der Waals surface area contributed by atoms with E-state index >= 15 is 0 Å². The summed E-state index contributed by atoms with van der Waals surface area (Å²) in [6.45, 7) is 2.21. The van der Waals surface area contributed by atoms with Gasteiger partial charge < -0.3 is 19.5 Å². The molecule has 1 aliphatic heterocycles. The van der Waals surface area contributed by atoms with Crippen molar-refractivity contribution in [2.45, 2.75) is 19.4 Å². The van der Waals surface area contributed by atoms with Crippen molar-refractivity contribution in [3.63, 3.8) is 0 Å². The highest BCUT2D eigenvalue weighted by Crippen LogP contribution is 2.32. The predicted molar refractivity (Wildman–Crippen MR) is 84.7 cm³/mol. The van der Waals surface area contributed by atoms with Crippen LogP contribution < -0.4 is 4.74 Å². The molecule has 0 spiro atoms. The lowest BCUT2D eigenvalue weighted by atomic mass is 9.88. The lowest BCUT2D eigenvalue weighted by molar-refractivity contribution is -0.152. The van der Waals surface area contributed by atoms with Gasteiger partial charge in [-0.15, -0.1) is 0 Å². The number of carbonyl (C=O) groups is 2. The zero-order valence-corrected chi connectivity index (χ0v) is 13.9. The summed E-state index contributed by atoms with van der Waals surface area (Å²) in [5.74, 6) is -0.693. The maximum absolute atomic E-state index is 12.5. The average molecular weight is 342 g/mol. The second kappa shape index (κ2) is 7.19. The van der Waals surface area contributed by atoms with Gasteiger partial charge in [-0.1, -0.05) is 17.7 Å². The van der Waals surface area contributed by atoms with Crippen molar-refractivity contribution in [1.82, 2.24) is 4.90 Å². The predicted octanol–water partition coefficient (Wildman–Crippen LogP) is 2.06. The Morgan fingerprint density at radius 1 is 1.48 bits per heavy atom. The van der Waals surface area contributed by atoms with Crippen molar-refractivity contribution in [3.8, 4) is 5.75 Å². The quantitative estimate of drug-likeness (QED) is 0.857. The molecule has 1 amide bonds. The average Bonchev–Trinajstić information content (AvgIpc) is 2.92. The number of halogens is 1. The maximum Gasteiger partial charge on any atom is 0.313 e. The van der Waals surface area contributed by atoms with Crippen LogP contribution in [0.4, 0.5) is 0 Å². The Bertz CT molecular complexity index is 594. The van der Waals surface area contributed by atoms with Crippen molar-refractivity contribution in [2.75, 3.05) is 26.8 Å². The van der Waals surface area contributed by atoms with Crippen LogP contribution in [0.5, 0.6) is 5.75 Å². The van der Waals surface area contributed by atoms with Crippen molar-refractivity contribution in [2.24, 2.45) is 5.41 Å². The fourth-order valence-corrected chi connectivity index (χ4v) is 2.92. The molecule has 0 aromatic heterocycles. The molecular formula is C16H20ClNO5. The van der Waals surface area contributed by atoms with Crippen molar-refractivity contribution >= 4 is 23.5 Å². The van der Waals surface area contributed by atoms with Crippen molar-refractivity contribution < 1.29 is 24.2 Å². The van der Waals surface area contributed by atoms with Crippen LogP contribution in [-0.4, -0.2) is 54.8 Å². The van der Waals surface area contributed by atoms with E-state index in [0.717, 1.165) is 0 Å². The third-order valence-corrected chi connectivity index (χ3v) is 4.23. The number of carboxylic acid groups (broad SMARTS) is 1. The van der Waals surface area contributed by atoms with Crippen molar-refractivity contribution in [3.05, 3.63) is 29.3 Å². The highest BCUT2D eigenvalue weighted by atomic mass is 35.5.